The van der Waals surface area contributed by atoms with Gasteiger partial charge in [0.1, 0.15) is 0 Å². The Bertz CT molecular complexity index is 138. The van der Waals surface area contributed by atoms with Crippen LogP contribution in [0.4, 0.5) is 0 Å². The molecule has 1 nitrogen and oxygen atoms in total. The van der Waals surface area contributed by atoms with Gasteiger partial charge in [0.2, 0.25) is 0 Å². The van der Waals surface area contributed by atoms with Gasteiger partial charge in [0.15, 0.2) is 0 Å². The Morgan fingerprint density at radius 2 is 2.09 bits per heavy atom. The van der Waals surface area contributed by atoms with Gasteiger partial charge in [-0.2, -0.15) is 0 Å². The molecule has 1 heteroatoms. The van der Waals surface area contributed by atoms with E-state index in [2.05, 4.69) is 26.0 Å². The molecule has 0 spiro atoms. The highest BCUT2D eigenvalue weighted by Gasteiger charge is 2.21. The summed E-state index contributed by atoms with van der Waals surface area (Å²) in [5, 5.41) is 9.72. The Morgan fingerprint density at radius 1 is 1.36 bits per heavy atom. The molecule has 0 aromatic rings. The van der Waals surface area contributed by atoms with Crippen LogP contribution in [0, 0.1) is 11.8 Å². The van der Waals surface area contributed by atoms with E-state index in [4.69, 9.17) is 0 Å². The van der Waals surface area contributed by atoms with Crippen molar-refractivity contribution in [3.05, 3.63) is 12.2 Å². The third-order valence-electron chi connectivity index (χ3n) is 2.48. The molecule has 1 rings (SSSR count). The molecule has 0 amide bonds. The van der Waals surface area contributed by atoms with Crippen LogP contribution in [0.3, 0.4) is 0 Å². The summed E-state index contributed by atoms with van der Waals surface area (Å²) in [5.41, 5.74) is 0. The molecule has 2 atom stereocenters. The Hall–Kier alpha value is -0.300. The summed E-state index contributed by atoms with van der Waals surface area (Å²) in [6, 6.07) is 0. The fourth-order valence-electron chi connectivity index (χ4n) is 1.67. The van der Waals surface area contributed by atoms with Gasteiger partial charge in [-0.15, -0.1) is 0 Å². The van der Waals surface area contributed by atoms with Crippen molar-refractivity contribution in [2.45, 2.75) is 39.2 Å². The number of aliphatic hydroxyl groups excluding tert-OH is 1. The van der Waals surface area contributed by atoms with Crippen molar-refractivity contribution in [2.75, 3.05) is 0 Å². The lowest BCUT2D eigenvalue weighted by Crippen LogP contribution is -2.26. The Balaban J connectivity index is 2.40. The van der Waals surface area contributed by atoms with Crippen LogP contribution >= 0.6 is 0 Å². The van der Waals surface area contributed by atoms with Gasteiger partial charge in [-0.3, -0.25) is 0 Å². The van der Waals surface area contributed by atoms with E-state index in [9.17, 15) is 5.11 Å². The number of allylic oxidation sites excluding steroid dienone is 2. The zero-order valence-corrected chi connectivity index (χ0v) is 7.46. The number of rotatable bonds is 2. The first-order valence-electron chi connectivity index (χ1n) is 4.55. The summed E-state index contributed by atoms with van der Waals surface area (Å²) in [6.45, 7) is 4.17. The van der Waals surface area contributed by atoms with Gasteiger partial charge in [0, 0.05) is 0 Å². The van der Waals surface area contributed by atoms with Gasteiger partial charge < -0.3 is 5.11 Å². The third-order valence-corrected chi connectivity index (χ3v) is 2.48. The van der Waals surface area contributed by atoms with E-state index >= 15 is 0 Å². The molecular formula is C10H18O. The molecule has 0 aromatic heterocycles. The molecule has 1 aliphatic rings. The number of hydrogen-bond acceptors (Lipinski definition) is 1. The predicted molar refractivity (Wildman–Crippen MR) is 47.3 cm³/mol. The lowest BCUT2D eigenvalue weighted by molar-refractivity contribution is 0.0601. The lowest BCUT2D eigenvalue weighted by atomic mass is 9.84. The van der Waals surface area contributed by atoms with E-state index in [-0.39, 0.29) is 6.10 Å². The molecule has 0 fully saturated rings. The molecule has 64 valence electrons. The Kier molecular flexibility index (Phi) is 3.13. The summed E-state index contributed by atoms with van der Waals surface area (Å²) >= 11 is 0. The number of aliphatic hydroxyl groups is 1. The minimum atomic E-state index is -0.0973. The highest BCUT2D eigenvalue weighted by atomic mass is 16.3. The molecule has 0 bridgehead atoms. The molecule has 1 aliphatic carbocycles. The fourth-order valence-corrected chi connectivity index (χ4v) is 1.67. The predicted octanol–water partition coefficient (Wildman–Crippen LogP) is 2.36. The average molecular weight is 154 g/mol. The van der Waals surface area contributed by atoms with Gasteiger partial charge in [-0.1, -0.05) is 26.0 Å². The van der Waals surface area contributed by atoms with Crippen molar-refractivity contribution in [3.63, 3.8) is 0 Å². The maximum absolute atomic E-state index is 9.72. The third kappa shape index (κ3) is 2.33. The van der Waals surface area contributed by atoms with Crippen LogP contribution in [0.1, 0.15) is 33.1 Å². The van der Waals surface area contributed by atoms with Gasteiger partial charge >= 0.3 is 0 Å². The summed E-state index contributed by atoms with van der Waals surface area (Å²) < 4.78 is 0. The Morgan fingerprint density at radius 3 is 2.55 bits per heavy atom. The maximum Gasteiger partial charge on any atom is 0.0594 e. The normalized spacial score (nSPS) is 27.5. The monoisotopic (exact) mass is 154 g/mol. The van der Waals surface area contributed by atoms with Gasteiger partial charge in [0.25, 0.3) is 0 Å². The van der Waals surface area contributed by atoms with Crippen molar-refractivity contribution in [1.29, 1.82) is 0 Å². The summed E-state index contributed by atoms with van der Waals surface area (Å²) in [6.07, 6.45) is 7.69. The van der Waals surface area contributed by atoms with Crippen LogP contribution in [0.2, 0.25) is 0 Å². The fraction of sp³-hybridized carbons (Fsp3) is 0.800. The molecule has 0 saturated carbocycles. The second kappa shape index (κ2) is 3.91. The molecule has 0 aliphatic heterocycles. The van der Waals surface area contributed by atoms with Crippen molar-refractivity contribution < 1.29 is 5.11 Å². The minimum Gasteiger partial charge on any atom is -0.393 e. The number of hydrogen-bond donors (Lipinski definition) is 1. The minimum absolute atomic E-state index is 0.0973. The first kappa shape index (κ1) is 8.79. The molecule has 1 N–H and O–H groups in total. The van der Waals surface area contributed by atoms with E-state index in [1.165, 1.54) is 0 Å². The average Bonchev–Trinajstić information content (AvgIpc) is 2.05. The highest BCUT2D eigenvalue weighted by Crippen LogP contribution is 2.25. The second-order valence-corrected chi connectivity index (χ2v) is 3.78. The molecular weight excluding hydrogens is 136 g/mol. The van der Waals surface area contributed by atoms with Crippen LogP contribution in [-0.4, -0.2) is 11.2 Å². The van der Waals surface area contributed by atoms with Crippen molar-refractivity contribution in [3.8, 4) is 0 Å². The van der Waals surface area contributed by atoms with Crippen LogP contribution in [0.5, 0.6) is 0 Å². The van der Waals surface area contributed by atoms with Crippen LogP contribution < -0.4 is 0 Å². The zero-order valence-electron chi connectivity index (χ0n) is 7.46. The van der Waals surface area contributed by atoms with Gasteiger partial charge in [-0.25, -0.2) is 0 Å². The molecule has 0 saturated heterocycles. The van der Waals surface area contributed by atoms with Crippen LogP contribution in [-0.2, 0) is 0 Å². The molecule has 0 aromatic carbocycles. The van der Waals surface area contributed by atoms with Gasteiger partial charge in [-0.05, 0) is 31.1 Å². The van der Waals surface area contributed by atoms with Crippen LogP contribution in [0.15, 0.2) is 12.2 Å². The Labute approximate surface area is 69.1 Å². The van der Waals surface area contributed by atoms with Crippen LogP contribution in [0.25, 0.3) is 0 Å². The summed E-state index contributed by atoms with van der Waals surface area (Å²) in [7, 11) is 0. The highest BCUT2D eigenvalue weighted by molar-refractivity contribution is 4.92. The van der Waals surface area contributed by atoms with Crippen molar-refractivity contribution in [1.82, 2.24) is 0 Å². The second-order valence-electron chi connectivity index (χ2n) is 3.78. The smallest absolute Gasteiger partial charge is 0.0594 e. The van der Waals surface area contributed by atoms with E-state index in [1.807, 2.05) is 0 Å². The molecule has 0 unspecified atom stereocenters. The van der Waals surface area contributed by atoms with E-state index < -0.39 is 0 Å². The first-order chi connectivity index (χ1) is 5.22. The van der Waals surface area contributed by atoms with E-state index in [0.29, 0.717) is 11.8 Å². The molecule has 0 radical (unpaired) electrons. The zero-order chi connectivity index (χ0) is 8.27. The van der Waals surface area contributed by atoms with E-state index in [0.717, 1.165) is 19.3 Å². The van der Waals surface area contributed by atoms with Gasteiger partial charge in [0.05, 0.1) is 6.10 Å². The lowest BCUT2D eigenvalue weighted by Gasteiger charge is -2.26. The quantitative estimate of drug-likeness (QED) is 0.605. The largest absolute Gasteiger partial charge is 0.393 e. The standard InChI is InChI=1S/C10H18O/c1-8(2)10(11)9-6-4-3-5-7-9/h3-4,8-11H,5-7H2,1-2H3/t9-,10-/m0/s1. The molecule has 0 heterocycles. The molecule has 11 heavy (non-hydrogen) atoms. The van der Waals surface area contributed by atoms with E-state index in [1.54, 1.807) is 0 Å². The topological polar surface area (TPSA) is 20.2 Å². The van der Waals surface area contributed by atoms with Crippen molar-refractivity contribution in [2.24, 2.45) is 11.8 Å². The SMILES string of the molecule is CC(C)[C@H](O)[C@H]1CC=CCC1. The first-order valence-corrected chi connectivity index (χ1v) is 4.55. The summed E-state index contributed by atoms with van der Waals surface area (Å²) in [4.78, 5) is 0. The summed E-state index contributed by atoms with van der Waals surface area (Å²) in [5.74, 6) is 0.923. The van der Waals surface area contributed by atoms with Crippen molar-refractivity contribution >= 4 is 0 Å². The maximum atomic E-state index is 9.72.